The van der Waals surface area contributed by atoms with Crippen LogP contribution in [0.25, 0.3) is 11.1 Å². The molecule has 7 nitrogen and oxygen atoms in total. The van der Waals surface area contributed by atoms with E-state index >= 15 is 0 Å². The van der Waals surface area contributed by atoms with Gasteiger partial charge in [-0.2, -0.15) is 0 Å². The number of pyridine rings is 1. The van der Waals surface area contributed by atoms with Gasteiger partial charge in [0, 0.05) is 24.9 Å². The molecule has 0 radical (unpaired) electrons. The number of anilines is 1. The number of nitrogens with zero attached hydrogens (tertiary/aromatic N) is 1. The van der Waals surface area contributed by atoms with Gasteiger partial charge in [0.1, 0.15) is 5.82 Å². The fourth-order valence-corrected chi connectivity index (χ4v) is 3.90. The van der Waals surface area contributed by atoms with Crippen LogP contribution in [0.4, 0.5) is 5.82 Å². The Bertz CT molecular complexity index is 943. The molecule has 2 fully saturated rings. The van der Waals surface area contributed by atoms with E-state index in [-0.39, 0.29) is 0 Å². The minimum atomic E-state index is -0.573. The average Bonchev–Trinajstić information content (AvgIpc) is 3.00. The number of ether oxygens (including phenoxy) is 3. The van der Waals surface area contributed by atoms with E-state index in [1.54, 1.807) is 13.3 Å². The highest BCUT2D eigenvalue weighted by atomic mass is 16.7. The normalized spacial score (nSPS) is 20.3. The Balaban J connectivity index is 1.55. The molecule has 4 rings (SSSR count). The van der Waals surface area contributed by atoms with E-state index in [4.69, 9.17) is 29.3 Å². The van der Waals surface area contributed by atoms with Crippen LogP contribution in [0.15, 0.2) is 30.5 Å². The first-order chi connectivity index (χ1) is 15.2. The number of hydrogen-bond acceptors (Lipinski definition) is 7. The summed E-state index contributed by atoms with van der Waals surface area (Å²) in [6.45, 7) is 10.3. The number of nitrogens with two attached hydrogens (primary N) is 1. The monoisotopic (exact) mass is 440 g/mol. The molecule has 0 atom stereocenters. The number of nitrogen functional groups attached to an aromatic ring is 1. The first-order valence-electron chi connectivity index (χ1n) is 11.2. The first kappa shape index (κ1) is 22.9. The van der Waals surface area contributed by atoms with Crippen LogP contribution in [0.2, 0.25) is 0 Å². The zero-order chi connectivity index (χ0) is 22.9. The van der Waals surface area contributed by atoms with Gasteiger partial charge in [-0.1, -0.05) is 6.07 Å². The fraction of sp³-hybridized carbons (Fsp3) is 0.542. The van der Waals surface area contributed by atoms with E-state index in [0.29, 0.717) is 24.1 Å². The van der Waals surface area contributed by atoms with Crippen molar-refractivity contribution >= 4 is 18.4 Å². The summed E-state index contributed by atoms with van der Waals surface area (Å²) >= 11 is 0. The molecule has 0 amide bonds. The molecule has 2 saturated heterocycles. The Labute approximate surface area is 190 Å². The molecule has 0 bridgehead atoms. The van der Waals surface area contributed by atoms with Gasteiger partial charge in [-0.05, 0) is 75.8 Å². The highest BCUT2D eigenvalue weighted by Gasteiger charge is 2.52. The lowest BCUT2D eigenvalue weighted by molar-refractivity contribution is 0.00578. The second kappa shape index (κ2) is 8.92. The van der Waals surface area contributed by atoms with Crippen molar-refractivity contribution in [2.24, 2.45) is 5.92 Å². The summed E-state index contributed by atoms with van der Waals surface area (Å²) in [7, 11) is 1.08. The van der Waals surface area contributed by atoms with E-state index in [2.05, 4.69) is 4.98 Å². The Morgan fingerprint density at radius 2 is 1.72 bits per heavy atom. The third-order valence-corrected chi connectivity index (χ3v) is 6.77. The molecule has 3 heterocycles. The molecule has 172 valence electrons. The molecule has 0 unspecified atom stereocenters. The van der Waals surface area contributed by atoms with Crippen LogP contribution in [0.5, 0.6) is 11.5 Å². The number of hydrogen-bond donors (Lipinski definition) is 1. The minimum Gasteiger partial charge on any atom is -0.493 e. The van der Waals surface area contributed by atoms with Gasteiger partial charge in [-0.25, -0.2) is 4.98 Å². The van der Waals surface area contributed by atoms with Gasteiger partial charge >= 0.3 is 7.12 Å². The summed E-state index contributed by atoms with van der Waals surface area (Å²) in [6, 6.07) is 7.88. The summed E-state index contributed by atoms with van der Waals surface area (Å²) in [5, 5.41) is 0. The van der Waals surface area contributed by atoms with Crippen LogP contribution in [0.3, 0.4) is 0 Å². The maximum atomic E-state index is 6.19. The molecule has 1 aromatic heterocycles. The quantitative estimate of drug-likeness (QED) is 0.689. The largest absolute Gasteiger partial charge is 0.498 e. The van der Waals surface area contributed by atoms with Crippen LogP contribution in [-0.2, 0) is 14.0 Å². The van der Waals surface area contributed by atoms with Crippen molar-refractivity contribution in [1.82, 2.24) is 4.98 Å². The molecule has 2 aromatic rings. The minimum absolute atomic E-state index is 0.399. The summed E-state index contributed by atoms with van der Waals surface area (Å²) in [6.07, 6.45) is 3.81. The molecule has 0 aliphatic carbocycles. The van der Waals surface area contributed by atoms with Crippen molar-refractivity contribution in [2.45, 2.75) is 51.7 Å². The highest BCUT2D eigenvalue weighted by Crippen LogP contribution is 2.37. The predicted molar refractivity (Wildman–Crippen MR) is 125 cm³/mol. The summed E-state index contributed by atoms with van der Waals surface area (Å²) in [4.78, 5) is 4.40. The third-order valence-electron chi connectivity index (χ3n) is 6.77. The molecular weight excluding hydrogens is 407 g/mol. The molecule has 0 spiro atoms. The fourth-order valence-electron chi connectivity index (χ4n) is 3.90. The van der Waals surface area contributed by atoms with Crippen LogP contribution in [0, 0.1) is 5.92 Å². The van der Waals surface area contributed by atoms with Crippen molar-refractivity contribution in [3.63, 3.8) is 0 Å². The maximum Gasteiger partial charge on any atom is 0.498 e. The summed E-state index contributed by atoms with van der Waals surface area (Å²) < 4.78 is 29.5. The SMILES string of the molecule is COc1cc(-c2cnc(N)c(B3OC(C)(C)C(C)(C)O3)c2)ccc1OCC1CCOCC1. The summed E-state index contributed by atoms with van der Waals surface area (Å²) in [5.41, 5.74) is 7.86. The van der Waals surface area contributed by atoms with Crippen molar-refractivity contribution in [3.05, 3.63) is 30.5 Å². The van der Waals surface area contributed by atoms with E-state index in [1.165, 1.54) is 0 Å². The third kappa shape index (κ3) is 4.58. The van der Waals surface area contributed by atoms with Crippen LogP contribution < -0.4 is 20.7 Å². The highest BCUT2D eigenvalue weighted by molar-refractivity contribution is 6.63. The lowest BCUT2D eigenvalue weighted by Gasteiger charge is -2.32. The Morgan fingerprint density at radius 1 is 1.03 bits per heavy atom. The van der Waals surface area contributed by atoms with Crippen LogP contribution in [-0.4, -0.2) is 50.2 Å². The zero-order valence-corrected chi connectivity index (χ0v) is 19.6. The topological polar surface area (TPSA) is 85.1 Å². The molecule has 1 aromatic carbocycles. The van der Waals surface area contributed by atoms with Gasteiger partial charge in [0.25, 0.3) is 0 Å². The molecular formula is C24H33BN2O5. The molecule has 2 N–H and O–H groups in total. The number of benzene rings is 1. The van der Waals surface area contributed by atoms with Crippen molar-refractivity contribution in [3.8, 4) is 22.6 Å². The van der Waals surface area contributed by atoms with Crippen molar-refractivity contribution < 1.29 is 23.5 Å². The Kier molecular flexibility index (Phi) is 6.38. The Morgan fingerprint density at radius 3 is 2.38 bits per heavy atom. The standard InChI is InChI=1S/C24H33BN2O5/c1-23(2)24(3,4)32-25(31-23)19-12-18(14-27-22(19)26)17-6-7-20(21(13-17)28-5)30-15-16-8-10-29-11-9-16/h6-7,12-14,16H,8-11,15H2,1-5H3,(H2,26,27). The van der Waals surface area contributed by atoms with E-state index < -0.39 is 18.3 Å². The lowest BCUT2D eigenvalue weighted by atomic mass is 9.78. The van der Waals surface area contributed by atoms with E-state index in [0.717, 1.165) is 48.4 Å². The van der Waals surface area contributed by atoms with Crippen molar-refractivity contribution in [2.75, 3.05) is 32.7 Å². The number of methoxy groups -OCH3 is 1. The molecule has 2 aliphatic rings. The van der Waals surface area contributed by atoms with Gasteiger partial charge < -0.3 is 29.3 Å². The maximum absolute atomic E-state index is 6.19. The number of rotatable bonds is 6. The Hall–Kier alpha value is -2.29. The second-order valence-corrected chi connectivity index (χ2v) is 9.52. The van der Waals surface area contributed by atoms with E-state index in [1.807, 2.05) is 52.0 Å². The molecule has 32 heavy (non-hydrogen) atoms. The van der Waals surface area contributed by atoms with Gasteiger partial charge in [0.15, 0.2) is 11.5 Å². The summed E-state index contributed by atoms with van der Waals surface area (Å²) in [5.74, 6) is 2.33. The van der Waals surface area contributed by atoms with Gasteiger partial charge in [0.2, 0.25) is 0 Å². The smallest absolute Gasteiger partial charge is 0.493 e. The van der Waals surface area contributed by atoms with Gasteiger partial charge in [0.05, 0.1) is 24.9 Å². The number of aromatic nitrogens is 1. The molecule has 2 aliphatic heterocycles. The van der Waals surface area contributed by atoms with Crippen LogP contribution in [0.1, 0.15) is 40.5 Å². The van der Waals surface area contributed by atoms with Crippen LogP contribution >= 0.6 is 0 Å². The zero-order valence-electron chi connectivity index (χ0n) is 19.6. The van der Waals surface area contributed by atoms with Gasteiger partial charge in [-0.3, -0.25) is 0 Å². The van der Waals surface area contributed by atoms with E-state index in [9.17, 15) is 0 Å². The lowest BCUT2D eigenvalue weighted by Crippen LogP contribution is -2.41. The predicted octanol–water partition coefficient (Wildman–Crippen LogP) is 3.44. The van der Waals surface area contributed by atoms with Gasteiger partial charge in [-0.15, -0.1) is 0 Å². The molecule has 0 saturated carbocycles. The molecule has 8 heteroatoms. The average molecular weight is 440 g/mol. The first-order valence-corrected chi connectivity index (χ1v) is 11.2. The second-order valence-electron chi connectivity index (χ2n) is 9.52. The van der Waals surface area contributed by atoms with Crippen molar-refractivity contribution in [1.29, 1.82) is 0 Å².